The predicted molar refractivity (Wildman–Crippen MR) is 76.2 cm³/mol. The van der Waals surface area contributed by atoms with Crippen LogP contribution in [0.2, 0.25) is 5.02 Å². The van der Waals surface area contributed by atoms with Crippen LogP contribution in [0, 0.1) is 0 Å². The van der Waals surface area contributed by atoms with Crippen LogP contribution in [0.4, 0.5) is 0 Å². The summed E-state index contributed by atoms with van der Waals surface area (Å²) in [6.45, 7) is 0.643. The lowest BCUT2D eigenvalue weighted by Crippen LogP contribution is -2.02. The van der Waals surface area contributed by atoms with Gasteiger partial charge in [-0.1, -0.05) is 29.8 Å². The zero-order chi connectivity index (χ0) is 13.0. The predicted octanol–water partition coefficient (Wildman–Crippen LogP) is 3.52. The third kappa shape index (κ3) is 2.84. The van der Waals surface area contributed by atoms with E-state index in [0.717, 1.165) is 28.3 Å². The van der Waals surface area contributed by atoms with E-state index in [9.17, 15) is 0 Å². The Morgan fingerprint density at radius 3 is 2.44 bits per heavy atom. The summed E-state index contributed by atoms with van der Waals surface area (Å²) < 4.78 is 5.15. The Labute approximate surface area is 112 Å². The minimum absolute atomic E-state index is 0.643. The van der Waals surface area contributed by atoms with Crippen molar-refractivity contribution in [2.45, 2.75) is 6.42 Å². The number of benzene rings is 2. The number of ether oxygens (including phenoxy) is 1. The highest BCUT2D eigenvalue weighted by atomic mass is 35.5. The normalized spacial score (nSPS) is 10.4. The first-order valence-electron chi connectivity index (χ1n) is 5.87. The van der Waals surface area contributed by atoms with Crippen LogP contribution in [0.15, 0.2) is 42.5 Å². The minimum Gasteiger partial charge on any atom is -0.497 e. The van der Waals surface area contributed by atoms with E-state index in [-0.39, 0.29) is 0 Å². The van der Waals surface area contributed by atoms with Gasteiger partial charge in [0.05, 0.1) is 7.11 Å². The fourth-order valence-corrected chi connectivity index (χ4v) is 2.11. The van der Waals surface area contributed by atoms with Crippen LogP contribution >= 0.6 is 11.6 Å². The van der Waals surface area contributed by atoms with Crippen LogP contribution in [0.25, 0.3) is 11.1 Å². The average Bonchev–Trinajstić information content (AvgIpc) is 2.41. The molecule has 2 N–H and O–H groups in total. The lowest BCUT2D eigenvalue weighted by molar-refractivity contribution is 0.415. The monoisotopic (exact) mass is 261 g/mol. The van der Waals surface area contributed by atoms with Crippen molar-refractivity contribution in [3.05, 3.63) is 53.1 Å². The Kier molecular flexibility index (Phi) is 4.24. The highest BCUT2D eigenvalue weighted by Gasteiger charge is 2.05. The molecule has 0 saturated heterocycles. The minimum atomic E-state index is 0.643. The fraction of sp³-hybridized carbons (Fsp3) is 0.200. The van der Waals surface area contributed by atoms with E-state index in [4.69, 9.17) is 22.1 Å². The number of hydrogen-bond acceptors (Lipinski definition) is 2. The number of hydrogen-bond donors (Lipinski definition) is 1. The Bertz CT molecular complexity index is 523. The first kappa shape index (κ1) is 12.9. The molecule has 94 valence electrons. The van der Waals surface area contributed by atoms with Gasteiger partial charge < -0.3 is 10.5 Å². The zero-order valence-electron chi connectivity index (χ0n) is 10.3. The molecule has 0 radical (unpaired) electrons. The Balaban J connectivity index is 2.38. The number of halogens is 1. The van der Waals surface area contributed by atoms with Gasteiger partial charge >= 0.3 is 0 Å². The average molecular weight is 262 g/mol. The molecular weight excluding hydrogens is 246 g/mol. The molecule has 2 rings (SSSR count). The molecule has 0 saturated carbocycles. The molecular formula is C15H16ClNO. The maximum atomic E-state index is 6.24. The van der Waals surface area contributed by atoms with Crippen molar-refractivity contribution in [3.63, 3.8) is 0 Å². The second kappa shape index (κ2) is 5.89. The van der Waals surface area contributed by atoms with Gasteiger partial charge in [-0.05, 0) is 48.4 Å². The maximum Gasteiger partial charge on any atom is 0.118 e. The van der Waals surface area contributed by atoms with Crippen LogP contribution in [-0.2, 0) is 6.42 Å². The lowest BCUT2D eigenvalue weighted by Gasteiger charge is -2.08. The third-order valence-electron chi connectivity index (χ3n) is 2.86. The van der Waals surface area contributed by atoms with Crippen molar-refractivity contribution in [1.82, 2.24) is 0 Å². The number of nitrogens with two attached hydrogens (primary N) is 1. The largest absolute Gasteiger partial charge is 0.497 e. The highest BCUT2D eigenvalue weighted by Crippen LogP contribution is 2.30. The van der Waals surface area contributed by atoms with Crippen LogP contribution in [-0.4, -0.2) is 13.7 Å². The van der Waals surface area contributed by atoms with Gasteiger partial charge in [-0.3, -0.25) is 0 Å². The summed E-state index contributed by atoms with van der Waals surface area (Å²) in [6, 6.07) is 13.9. The van der Waals surface area contributed by atoms with Crippen molar-refractivity contribution in [2.75, 3.05) is 13.7 Å². The third-order valence-corrected chi connectivity index (χ3v) is 3.19. The second-order valence-electron chi connectivity index (χ2n) is 4.08. The van der Waals surface area contributed by atoms with Gasteiger partial charge in [0.25, 0.3) is 0 Å². The maximum absolute atomic E-state index is 6.24. The SMILES string of the molecule is COc1ccc(-c2cc(CCN)ccc2Cl)cc1. The van der Waals surface area contributed by atoms with Crippen molar-refractivity contribution in [2.24, 2.45) is 5.73 Å². The molecule has 0 bridgehead atoms. The molecule has 2 nitrogen and oxygen atoms in total. The summed E-state index contributed by atoms with van der Waals surface area (Å²) >= 11 is 6.24. The van der Waals surface area contributed by atoms with E-state index >= 15 is 0 Å². The molecule has 2 aromatic carbocycles. The summed E-state index contributed by atoms with van der Waals surface area (Å²) in [5, 5.41) is 0.751. The van der Waals surface area contributed by atoms with Gasteiger partial charge in [0.1, 0.15) is 5.75 Å². The molecule has 0 aliphatic carbocycles. The Hall–Kier alpha value is -1.51. The topological polar surface area (TPSA) is 35.2 Å². The van der Waals surface area contributed by atoms with Gasteiger partial charge in [0.2, 0.25) is 0 Å². The summed E-state index contributed by atoms with van der Waals surface area (Å²) in [5.41, 5.74) is 8.89. The van der Waals surface area contributed by atoms with E-state index in [0.29, 0.717) is 6.54 Å². The highest BCUT2D eigenvalue weighted by molar-refractivity contribution is 6.33. The fourth-order valence-electron chi connectivity index (χ4n) is 1.89. The van der Waals surface area contributed by atoms with Gasteiger partial charge in [0, 0.05) is 10.6 Å². The van der Waals surface area contributed by atoms with E-state index in [2.05, 4.69) is 6.07 Å². The van der Waals surface area contributed by atoms with Crippen molar-refractivity contribution < 1.29 is 4.74 Å². The molecule has 0 aliphatic rings. The molecule has 0 aromatic heterocycles. The Morgan fingerprint density at radius 1 is 1.11 bits per heavy atom. The first-order valence-corrected chi connectivity index (χ1v) is 6.25. The summed E-state index contributed by atoms with van der Waals surface area (Å²) in [5.74, 6) is 0.841. The van der Waals surface area contributed by atoms with E-state index in [1.165, 1.54) is 5.56 Å². The number of methoxy groups -OCH3 is 1. The van der Waals surface area contributed by atoms with Crippen molar-refractivity contribution in [1.29, 1.82) is 0 Å². The molecule has 2 aromatic rings. The van der Waals surface area contributed by atoms with Crippen LogP contribution in [0.3, 0.4) is 0 Å². The van der Waals surface area contributed by atoms with Crippen LogP contribution in [0.5, 0.6) is 5.75 Å². The van der Waals surface area contributed by atoms with E-state index in [1.807, 2.05) is 36.4 Å². The van der Waals surface area contributed by atoms with Crippen LogP contribution < -0.4 is 10.5 Å². The van der Waals surface area contributed by atoms with Gasteiger partial charge in [-0.2, -0.15) is 0 Å². The Morgan fingerprint density at radius 2 is 1.83 bits per heavy atom. The second-order valence-corrected chi connectivity index (χ2v) is 4.49. The zero-order valence-corrected chi connectivity index (χ0v) is 11.1. The quantitative estimate of drug-likeness (QED) is 0.914. The summed E-state index contributed by atoms with van der Waals surface area (Å²) in [4.78, 5) is 0. The molecule has 0 amide bonds. The molecule has 18 heavy (non-hydrogen) atoms. The molecule has 0 fully saturated rings. The van der Waals surface area contributed by atoms with Crippen molar-refractivity contribution in [3.8, 4) is 16.9 Å². The summed E-state index contributed by atoms with van der Waals surface area (Å²) in [7, 11) is 1.66. The van der Waals surface area contributed by atoms with E-state index < -0.39 is 0 Å². The van der Waals surface area contributed by atoms with Crippen molar-refractivity contribution >= 4 is 11.6 Å². The van der Waals surface area contributed by atoms with Gasteiger partial charge in [0.15, 0.2) is 0 Å². The summed E-state index contributed by atoms with van der Waals surface area (Å²) in [6.07, 6.45) is 0.861. The molecule has 0 atom stereocenters. The van der Waals surface area contributed by atoms with Gasteiger partial charge in [-0.15, -0.1) is 0 Å². The molecule has 0 heterocycles. The van der Waals surface area contributed by atoms with Crippen LogP contribution in [0.1, 0.15) is 5.56 Å². The number of rotatable bonds is 4. The molecule has 0 unspecified atom stereocenters. The lowest BCUT2D eigenvalue weighted by atomic mass is 10.0. The smallest absolute Gasteiger partial charge is 0.118 e. The van der Waals surface area contributed by atoms with Gasteiger partial charge in [-0.25, -0.2) is 0 Å². The molecule has 0 spiro atoms. The van der Waals surface area contributed by atoms with E-state index in [1.54, 1.807) is 7.11 Å². The standard InChI is InChI=1S/C15H16ClNO/c1-18-13-5-3-12(4-6-13)14-10-11(8-9-17)2-7-15(14)16/h2-7,10H,8-9,17H2,1H3. The molecule has 0 aliphatic heterocycles. The first-order chi connectivity index (χ1) is 8.74. The molecule has 3 heteroatoms.